The molecule has 0 aromatic rings. The molecule has 0 spiro atoms. The van der Waals surface area contributed by atoms with E-state index in [9.17, 15) is 4.21 Å². The van der Waals surface area contributed by atoms with Crippen molar-refractivity contribution in [3.05, 3.63) is 0 Å². The largest absolute Gasteiger partial charge is 0.313 e. The van der Waals surface area contributed by atoms with Crippen LogP contribution in [0.1, 0.15) is 48.0 Å². The van der Waals surface area contributed by atoms with Gasteiger partial charge in [0.15, 0.2) is 0 Å². The molecule has 0 amide bonds. The first-order valence-corrected chi connectivity index (χ1v) is 7.92. The molecule has 0 saturated heterocycles. The summed E-state index contributed by atoms with van der Waals surface area (Å²) in [6.07, 6.45) is 1.14. The lowest BCUT2D eigenvalue weighted by molar-refractivity contribution is 0.400. The zero-order valence-electron chi connectivity index (χ0n) is 11.7. The van der Waals surface area contributed by atoms with E-state index in [1.807, 2.05) is 0 Å². The molecule has 0 radical (unpaired) electrons. The quantitative estimate of drug-likeness (QED) is 0.714. The lowest BCUT2D eigenvalue weighted by Crippen LogP contribution is -2.41. The van der Waals surface area contributed by atoms with Crippen molar-refractivity contribution in [2.45, 2.75) is 59.3 Å². The van der Waals surface area contributed by atoms with Gasteiger partial charge in [0.2, 0.25) is 0 Å². The highest BCUT2D eigenvalue weighted by Crippen LogP contribution is 2.14. The van der Waals surface area contributed by atoms with Crippen LogP contribution >= 0.6 is 0 Å². The number of nitrogens with one attached hydrogen (secondary N) is 1. The van der Waals surface area contributed by atoms with Gasteiger partial charge in [-0.1, -0.05) is 48.0 Å². The Hall–Kier alpha value is 0.110. The summed E-state index contributed by atoms with van der Waals surface area (Å²) in [5.74, 6) is 1.89. The van der Waals surface area contributed by atoms with E-state index in [0.717, 1.165) is 18.7 Å². The molecular weight excluding hydrogens is 218 g/mol. The van der Waals surface area contributed by atoms with Crippen molar-refractivity contribution in [1.29, 1.82) is 0 Å². The lowest BCUT2D eigenvalue weighted by atomic mass is 10.0. The van der Waals surface area contributed by atoms with Crippen LogP contribution in [0.5, 0.6) is 0 Å². The van der Waals surface area contributed by atoms with E-state index in [1.54, 1.807) is 0 Å². The first-order valence-electron chi connectivity index (χ1n) is 6.54. The standard InChI is InChI=1S/C13H29NOS/c1-7-11(5)13(14-8-2)9-16(15)12(6)10(3)4/h10-14H,7-9H2,1-6H3. The third-order valence-electron chi connectivity index (χ3n) is 3.49. The van der Waals surface area contributed by atoms with E-state index in [2.05, 4.69) is 46.9 Å². The SMILES string of the molecule is CCNC(CS(=O)C(C)C(C)C)C(C)CC. The molecule has 0 fully saturated rings. The molecule has 0 aliphatic heterocycles. The van der Waals surface area contributed by atoms with Crippen LogP contribution in [0.3, 0.4) is 0 Å². The highest BCUT2D eigenvalue weighted by Gasteiger charge is 2.22. The van der Waals surface area contributed by atoms with Gasteiger partial charge >= 0.3 is 0 Å². The maximum Gasteiger partial charge on any atom is 0.0394 e. The second-order valence-corrected chi connectivity index (χ2v) is 6.88. The summed E-state index contributed by atoms with van der Waals surface area (Å²) in [6.45, 7) is 13.9. The van der Waals surface area contributed by atoms with Crippen LogP contribution in [-0.4, -0.2) is 27.8 Å². The Labute approximate surface area is 104 Å². The molecule has 0 heterocycles. The van der Waals surface area contributed by atoms with E-state index >= 15 is 0 Å². The molecule has 0 aliphatic carbocycles. The van der Waals surface area contributed by atoms with Crippen molar-refractivity contribution in [1.82, 2.24) is 5.32 Å². The van der Waals surface area contributed by atoms with Crippen LogP contribution in [0.15, 0.2) is 0 Å². The smallest absolute Gasteiger partial charge is 0.0394 e. The summed E-state index contributed by atoms with van der Waals surface area (Å²) in [5, 5.41) is 3.76. The Morgan fingerprint density at radius 1 is 1.12 bits per heavy atom. The molecule has 0 saturated carbocycles. The van der Waals surface area contributed by atoms with Gasteiger partial charge in [-0.05, 0) is 18.4 Å². The Morgan fingerprint density at radius 3 is 2.06 bits per heavy atom. The van der Waals surface area contributed by atoms with Gasteiger partial charge in [0.25, 0.3) is 0 Å². The summed E-state index contributed by atoms with van der Waals surface area (Å²) in [6, 6.07) is 0.400. The molecule has 1 N–H and O–H groups in total. The van der Waals surface area contributed by atoms with Crippen molar-refractivity contribution >= 4 is 10.8 Å². The lowest BCUT2D eigenvalue weighted by Gasteiger charge is -2.25. The molecule has 0 bridgehead atoms. The average Bonchev–Trinajstić information content (AvgIpc) is 2.25. The van der Waals surface area contributed by atoms with Gasteiger partial charge in [0.05, 0.1) is 0 Å². The predicted octanol–water partition coefficient (Wildman–Crippen LogP) is 2.80. The molecule has 0 aromatic heterocycles. The minimum atomic E-state index is -0.711. The molecule has 2 nitrogen and oxygen atoms in total. The first kappa shape index (κ1) is 16.1. The number of hydrogen-bond donors (Lipinski definition) is 1. The highest BCUT2D eigenvalue weighted by atomic mass is 32.2. The van der Waals surface area contributed by atoms with Gasteiger partial charge < -0.3 is 5.32 Å². The van der Waals surface area contributed by atoms with Crippen molar-refractivity contribution in [3.8, 4) is 0 Å². The molecule has 4 atom stereocenters. The molecule has 0 aromatic carbocycles. The Kier molecular flexibility index (Phi) is 8.29. The van der Waals surface area contributed by atoms with Gasteiger partial charge in [-0.25, -0.2) is 0 Å². The van der Waals surface area contributed by atoms with Gasteiger partial charge in [-0.3, -0.25) is 4.21 Å². The Morgan fingerprint density at radius 2 is 1.69 bits per heavy atom. The molecule has 98 valence electrons. The zero-order chi connectivity index (χ0) is 12.7. The molecule has 0 aliphatic rings. The minimum Gasteiger partial charge on any atom is -0.313 e. The summed E-state index contributed by atoms with van der Waals surface area (Å²) in [4.78, 5) is 0. The van der Waals surface area contributed by atoms with Crippen molar-refractivity contribution in [2.24, 2.45) is 11.8 Å². The van der Waals surface area contributed by atoms with E-state index < -0.39 is 10.8 Å². The third-order valence-corrected chi connectivity index (χ3v) is 5.56. The molecular formula is C13H29NOS. The molecule has 3 heteroatoms. The van der Waals surface area contributed by atoms with Gasteiger partial charge in [-0.2, -0.15) is 0 Å². The van der Waals surface area contributed by atoms with Crippen LogP contribution in [0, 0.1) is 11.8 Å². The average molecular weight is 247 g/mol. The second kappa shape index (κ2) is 8.24. The van der Waals surface area contributed by atoms with Crippen molar-refractivity contribution in [2.75, 3.05) is 12.3 Å². The summed E-state index contributed by atoms with van der Waals surface area (Å²) in [5.41, 5.74) is 0. The van der Waals surface area contributed by atoms with Crippen LogP contribution in [0.2, 0.25) is 0 Å². The molecule has 0 rings (SSSR count). The fraction of sp³-hybridized carbons (Fsp3) is 1.00. The Bertz CT molecular complexity index is 206. The topological polar surface area (TPSA) is 29.1 Å². The third kappa shape index (κ3) is 5.44. The van der Waals surface area contributed by atoms with Crippen LogP contribution in [0.4, 0.5) is 0 Å². The van der Waals surface area contributed by atoms with Gasteiger partial charge in [0, 0.05) is 27.8 Å². The summed E-state index contributed by atoms with van der Waals surface area (Å²) in [7, 11) is -0.711. The maximum absolute atomic E-state index is 12.2. The minimum absolute atomic E-state index is 0.296. The van der Waals surface area contributed by atoms with Crippen LogP contribution < -0.4 is 5.32 Å². The van der Waals surface area contributed by atoms with E-state index in [-0.39, 0.29) is 0 Å². The van der Waals surface area contributed by atoms with Crippen molar-refractivity contribution in [3.63, 3.8) is 0 Å². The fourth-order valence-electron chi connectivity index (χ4n) is 1.60. The zero-order valence-corrected chi connectivity index (χ0v) is 12.6. The van der Waals surface area contributed by atoms with Crippen molar-refractivity contribution < 1.29 is 4.21 Å². The monoisotopic (exact) mass is 247 g/mol. The van der Waals surface area contributed by atoms with Crippen LogP contribution in [-0.2, 0) is 10.8 Å². The summed E-state index contributed by atoms with van der Waals surface area (Å²) >= 11 is 0. The number of hydrogen-bond acceptors (Lipinski definition) is 2. The van der Waals surface area contributed by atoms with E-state index in [0.29, 0.717) is 23.1 Å². The Balaban J connectivity index is 4.33. The maximum atomic E-state index is 12.2. The second-order valence-electron chi connectivity index (χ2n) is 5.05. The molecule has 16 heavy (non-hydrogen) atoms. The summed E-state index contributed by atoms with van der Waals surface area (Å²) < 4.78 is 12.2. The van der Waals surface area contributed by atoms with E-state index in [1.165, 1.54) is 0 Å². The first-order chi connectivity index (χ1) is 7.43. The highest BCUT2D eigenvalue weighted by molar-refractivity contribution is 7.85. The fourth-order valence-corrected chi connectivity index (χ4v) is 3.31. The van der Waals surface area contributed by atoms with Crippen LogP contribution in [0.25, 0.3) is 0 Å². The van der Waals surface area contributed by atoms with Gasteiger partial charge in [0.1, 0.15) is 0 Å². The predicted molar refractivity (Wildman–Crippen MR) is 74.2 cm³/mol. The normalized spacial score (nSPS) is 19.4. The van der Waals surface area contributed by atoms with E-state index in [4.69, 9.17) is 0 Å². The molecule has 4 unspecified atom stereocenters. The number of rotatable bonds is 8. The van der Waals surface area contributed by atoms with Gasteiger partial charge in [-0.15, -0.1) is 0 Å².